The molecule has 0 atom stereocenters. The molecule has 0 saturated heterocycles. The van der Waals surface area contributed by atoms with Crippen molar-refractivity contribution in [3.63, 3.8) is 0 Å². The van der Waals surface area contributed by atoms with Crippen LogP contribution in [0.3, 0.4) is 0 Å². The number of imidazole rings is 1. The van der Waals surface area contributed by atoms with Gasteiger partial charge < -0.3 is 9.67 Å². The zero-order valence-electron chi connectivity index (χ0n) is 10.1. The standard InChI is InChI=1S/C13H13FN2O2/c1-8-9(2)16(7-15-8)6-10-3-11(13(17)18)5-12(14)4-10/h3-5,7H,6H2,1-2H3,(H,17,18). The Balaban J connectivity index is 2.34. The molecular weight excluding hydrogens is 235 g/mol. The molecule has 5 heteroatoms. The SMILES string of the molecule is Cc1ncn(Cc2cc(F)cc(C(=O)O)c2)c1C. The van der Waals surface area contributed by atoms with Crippen molar-refractivity contribution in [3.05, 3.63) is 52.9 Å². The van der Waals surface area contributed by atoms with Crippen molar-refractivity contribution in [2.24, 2.45) is 0 Å². The lowest BCUT2D eigenvalue weighted by Crippen LogP contribution is -2.04. The van der Waals surface area contributed by atoms with Gasteiger partial charge in [0, 0.05) is 12.2 Å². The number of nitrogens with zero attached hydrogens (tertiary/aromatic N) is 2. The maximum atomic E-state index is 13.3. The molecule has 2 aromatic rings. The normalized spacial score (nSPS) is 10.6. The lowest BCUT2D eigenvalue weighted by atomic mass is 10.1. The highest BCUT2D eigenvalue weighted by atomic mass is 19.1. The first-order valence-corrected chi connectivity index (χ1v) is 5.48. The molecule has 0 spiro atoms. The van der Waals surface area contributed by atoms with E-state index < -0.39 is 11.8 Å². The van der Waals surface area contributed by atoms with Gasteiger partial charge in [-0.05, 0) is 37.6 Å². The van der Waals surface area contributed by atoms with Crippen molar-refractivity contribution in [2.75, 3.05) is 0 Å². The van der Waals surface area contributed by atoms with Crippen LogP contribution in [0.25, 0.3) is 0 Å². The molecule has 4 nitrogen and oxygen atoms in total. The summed E-state index contributed by atoms with van der Waals surface area (Å²) in [7, 11) is 0. The topological polar surface area (TPSA) is 55.1 Å². The minimum Gasteiger partial charge on any atom is -0.478 e. The van der Waals surface area contributed by atoms with Crippen LogP contribution in [-0.4, -0.2) is 20.6 Å². The van der Waals surface area contributed by atoms with Gasteiger partial charge in [0.15, 0.2) is 0 Å². The molecule has 1 N–H and O–H groups in total. The number of carbonyl (C=O) groups is 1. The highest BCUT2D eigenvalue weighted by Gasteiger charge is 2.09. The predicted molar refractivity (Wildman–Crippen MR) is 64.2 cm³/mol. The zero-order valence-corrected chi connectivity index (χ0v) is 10.1. The number of aromatic carboxylic acids is 1. The molecule has 0 amide bonds. The Morgan fingerprint density at radius 2 is 2.11 bits per heavy atom. The number of halogens is 1. The zero-order chi connectivity index (χ0) is 13.3. The smallest absolute Gasteiger partial charge is 0.335 e. The van der Waals surface area contributed by atoms with Crippen LogP contribution in [0.2, 0.25) is 0 Å². The van der Waals surface area contributed by atoms with E-state index in [-0.39, 0.29) is 5.56 Å². The van der Waals surface area contributed by atoms with Crippen LogP contribution in [0.4, 0.5) is 4.39 Å². The summed E-state index contributed by atoms with van der Waals surface area (Å²) in [6.07, 6.45) is 1.66. The largest absolute Gasteiger partial charge is 0.478 e. The fourth-order valence-electron chi connectivity index (χ4n) is 1.77. The molecule has 0 fully saturated rings. The summed E-state index contributed by atoms with van der Waals surface area (Å²) in [5.74, 6) is -1.67. The number of benzene rings is 1. The van der Waals surface area contributed by atoms with Crippen molar-refractivity contribution >= 4 is 5.97 Å². The Morgan fingerprint density at radius 3 is 2.67 bits per heavy atom. The quantitative estimate of drug-likeness (QED) is 0.907. The first-order chi connectivity index (χ1) is 8.47. The van der Waals surface area contributed by atoms with Gasteiger partial charge in [-0.1, -0.05) is 0 Å². The number of aryl methyl sites for hydroxylation is 1. The summed E-state index contributed by atoms with van der Waals surface area (Å²) in [4.78, 5) is 15.0. The van der Waals surface area contributed by atoms with Crippen LogP contribution in [0, 0.1) is 19.7 Å². The van der Waals surface area contributed by atoms with Gasteiger partial charge in [-0.2, -0.15) is 0 Å². The number of rotatable bonds is 3. The number of hydrogen-bond acceptors (Lipinski definition) is 2. The Morgan fingerprint density at radius 1 is 1.39 bits per heavy atom. The van der Waals surface area contributed by atoms with E-state index in [0.29, 0.717) is 12.1 Å². The molecule has 0 aliphatic rings. The first-order valence-electron chi connectivity index (χ1n) is 5.48. The fraction of sp³-hybridized carbons (Fsp3) is 0.231. The van der Waals surface area contributed by atoms with E-state index >= 15 is 0 Å². The number of carboxylic acid groups (broad SMARTS) is 1. The summed E-state index contributed by atoms with van der Waals surface area (Å²) in [5, 5.41) is 8.87. The van der Waals surface area contributed by atoms with Gasteiger partial charge in [0.1, 0.15) is 5.82 Å². The first kappa shape index (κ1) is 12.3. The fourth-order valence-corrected chi connectivity index (χ4v) is 1.77. The molecule has 1 heterocycles. The highest BCUT2D eigenvalue weighted by Crippen LogP contribution is 2.13. The lowest BCUT2D eigenvalue weighted by molar-refractivity contribution is 0.0696. The molecule has 0 unspecified atom stereocenters. The van der Waals surface area contributed by atoms with Crippen molar-refractivity contribution in [1.82, 2.24) is 9.55 Å². The van der Waals surface area contributed by atoms with Crippen molar-refractivity contribution in [3.8, 4) is 0 Å². The van der Waals surface area contributed by atoms with E-state index in [1.54, 1.807) is 6.33 Å². The third kappa shape index (κ3) is 2.40. The molecular formula is C13H13FN2O2. The van der Waals surface area contributed by atoms with E-state index in [1.807, 2.05) is 18.4 Å². The summed E-state index contributed by atoms with van der Waals surface area (Å²) in [6.45, 7) is 4.21. The summed E-state index contributed by atoms with van der Waals surface area (Å²) < 4.78 is 15.2. The van der Waals surface area contributed by atoms with Gasteiger partial charge in [-0.3, -0.25) is 0 Å². The Hall–Kier alpha value is -2.17. The van der Waals surface area contributed by atoms with Crippen LogP contribution in [-0.2, 0) is 6.54 Å². The summed E-state index contributed by atoms with van der Waals surface area (Å²) >= 11 is 0. The van der Waals surface area contributed by atoms with Gasteiger partial charge in [0.05, 0.1) is 17.6 Å². The minimum absolute atomic E-state index is 0.0421. The second kappa shape index (κ2) is 4.60. The molecule has 2 rings (SSSR count). The van der Waals surface area contributed by atoms with Crippen molar-refractivity contribution in [2.45, 2.75) is 20.4 Å². The Bertz CT molecular complexity index is 605. The van der Waals surface area contributed by atoms with E-state index in [4.69, 9.17) is 5.11 Å². The molecule has 0 radical (unpaired) electrons. The highest BCUT2D eigenvalue weighted by molar-refractivity contribution is 5.87. The minimum atomic E-state index is -1.13. The number of hydrogen-bond donors (Lipinski definition) is 1. The molecule has 1 aromatic carbocycles. The van der Waals surface area contributed by atoms with E-state index in [9.17, 15) is 9.18 Å². The van der Waals surface area contributed by atoms with E-state index in [0.717, 1.165) is 17.5 Å². The van der Waals surface area contributed by atoms with Gasteiger partial charge in [-0.15, -0.1) is 0 Å². The Labute approximate surface area is 104 Å². The molecule has 94 valence electrons. The molecule has 0 bridgehead atoms. The van der Waals surface area contributed by atoms with Crippen LogP contribution < -0.4 is 0 Å². The average molecular weight is 248 g/mol. The van der Waals surface area contributed by atoms with Crippen LogP contribution in [0.15, 0.2) is 24.5 Å². The van der Waals surface area contributed by atoms with Gasteiger partial charge >= 0.3 is 5.97 Å². The molecule has 0 aliphatic heterocycles. The second-order valence-corrected chi connectivity index (χ2v) is 4.20. The summed E-state index contributed by atoms with van der Waals surface area (Å²) in [5.41, 5.74) is 2.45. The van der Waals surface area contributed by atoms with Gasteiger partial charge in [-0.25, -0.2) is 14.2 Å². The van der Waals surface area contributed by atoms with E-state index in [2.05, 4.69) is 4.98 Å². The molecule has 0 aliphatic carbocycles. The third-order valence-corrected chi connectivity index (χ3v) is 2.90. The molecule has 1 aromatic heterocycles. The predicted octanol–water partition coefficient (Wildman–Crippen LogP) is 2.39. The Kier molecular flexibility index (Phi) is 3.14. The van der Waals surface area contributed by atoms with Gasteiger partial charge in [0.2, 0.25) is 0 Å². The van der Waals surface area contributed by atoms with Crippen LogP contribution in [0.5, 0.6) is 0 Å². The van der Waals surface area contributed by atoms with E-state index in [1.165, 1.54) is 12.1 Å². The molecule has 18 heavy (non-hydrogen) atoms. The summed E-state index contributed by atoms with van der Waals surface area (Å²) in [6, 6.07) is 3.82. The number of aromatic nitrogens is 2. The maximum Gasteiger partial charge on any atom is 0.335 e. The van der Waals surface area contributed by atoms with Crippen LogP contribution >= 0.6 is 0 Å². The van der Waals surface area contributed by atoms with Gasteiger partial charge in [0.25, 0.3) is 0 Å². The second-order valence-electron chi connectivity index (χ2n) is 4.20. The third-order valence-electron chi connectivity index (χ3n) is 2.90. The maximum absolute atomic E-state index is 13.3. The van der Waals surface area contributed by atoms with Crippen molar-refractivity contribution < 1.29 is 14.3 Å². The average Bonchev–Trinajstić information content (AvgIpc) is 2.60. The van der Waals surface area contributed by atoms with Crippen LogP contribution in [0.1, 0.15) is 27.3 Å². The van der Waals surface area contributed by atoms with Crippen molar-refractivity contribution in [1.29, 1.82) is 0 Å². The lowest BCUT2D eigenvalue weighted by Gasteiger charge is -2.07. The number of carboxylic acids is 1. The molecule has 0 saturated carbocycles. The monoisotopic (exact) mass is 248 g/mol.